The van der Waals surface area contributed by atoms with Gasteiger partial charge in [0.1, 0.15) is 11.5 Å². The number of carbonyl (C=O) groups is 1. The summed E-state index contributed by atoms with van der Waals surface area (Å²) in [7, 11) is 0. The molecule has 1 aromatic carbocycles. The first kappa shape index (κ1) is 13.4. The second-order valence-corrected chi connectivity index (χ2v) is 4.28. The first-order valence-corrected chi connectivity index (χ1v) is 5.98. The van der Waals surface area contributed by atoms with Gasteiger partial charge < -0.3 is 11.1 Å². The van der Waals surface area contributed by atoms with Gasteiger partial charge >= 0.3 is 0 Å². The summed E-state index contributed by atoms with van der Waals surface area (Å²) in [6, 6.07) is 4.00. The Morgan fingerprint density at radius 2 is 2.32 bits per heavy atom. The fourth-order valence-electron chi connectivity index (χ4n) is 1.66. The average molecular weight is 283 g/mol. The van der Waals surface area contributed by atoms with Crippen molar-refractivity contribution in [3.63, 3.8) is 0 Å². The minimum Gasteiger partial charge on any atom is -0.396 e. The zero-order valence-corrected chi connectivity index (χ0v) is 10.9. The third-order valence-electron chi connectivity index (χ3n) is 2.56. The monoisotopic (exact) mass is 282 g/mol. The van der Waals surface area contributed by atoms with E-state index < -0.39 is 11.7 Å². The van der Waals surface area contributed by atoms with E-state index in [1.54, 1.807) is 0 Å². The Hall–Kier alpha value is -2.08. The molecule has 0 aliphatic carbocycles. The maximum atomic E-state index is 13.6. The molecule has 0 unspecified atom stereocenters. The molecule has 1 aromatic heterocycles. The van der Waals surface area contributed by atoms with Crippen LogP contribution < -0.4 is 11.1 Å². The Morgan fingerprint density at radius 3 is 2.95 bits per heavy atom. The highest BCUT2D eigenvalue weighted by Crippen LogP contribution is 2.20. The predicted molar refractivity (Wildman–Crippen MR) is 71.7 cm³/mol. The number of aromatic nitrogens is 2. The molecule has 0 bridgehead atoms. The van der Waals surface area contributed by atoms with Crippen LogP contribution in [0.4, 0.5) is 15.8 Å². The molecule has 19 heavy (non-hydrogen) atoms. The van der Waals surface area contributed by atoms with Crippen LogP contribution in [0.1, 0.15) is 17.4 Å². The molecular weight excluding hydrogens is 271 g/mol. The second kappa shape index (κ2) is 5.27. The quantitative estimate of drug-likeness (QED) is 0.908. The van der Waals surface area contributed by atoms with Crippen molar-refractivity contribution in [1.29, 1.82) is 0 Å². The van der Waals surface area contributed by atoms with E-state index in [0.29, 0.717) is 6.54 Å². The van der Waals surface area contributed by atoms with Crippen molar-refractivity contribution in [3.8, 4) is 0 Å². The van der Waals surface area contributed by atoms with Gasteiger partial charge in [0.2, 0.25) is 0 Å². The number of nitrogens with one attached hydrogen (secondary N) is 1. The van der Waals surface area contributed by atoms with E-state index in [1.807, 2.05) is 6.92 Å². The summed E-state index contributed by atoms with van der Waals surface area (Å²) in [6.07, 6.45) is 1.39. The highest BCUT2D eigenvalue weighted by atomic mass is 35.5. The van der Waals surface area contributed by atoms with Gasteiger partial charge in [-0.05, 0) is 25.1 Å². The molecule has 0 aliphatic rings. The summed E-state index contributed by atoms with van der Waals surface area (Å²) in [5.74, 6) is -1.12. The van der Waals surface area contributed by atoms with Gasteiger partial charge in [-0.3, -0.25) is 9.48 Å². The number of aryl methyl sites for hydroxylation is 1. The standard InChI is InChI=1S/C12H12ClFN4O/c1-2-18-11(9(15)6-16-18)12(19)17-10-4-3-7(13)5-8(10)14/h3-6H,2,15H2,1H3,(H,17,19). The van der Waals surface area contributed by atoms with Gasteiger partial charge in [0.05, 0.1) is 17.6 Å². The van der Waals surface area contributed by atoms with E-state index in [2.05, 4.69) is 10.4 Å². The number of anilines is 2. The minimum absolute atomic E-state index is 0.0395. The van der Waals surface area contributed by atoms with E-state index in [0.717, 1.165) is 6.07 Å². The third-order valence-corrected chi connectivity index (χ3v) is 2.80. The number of nitrogen functional groups attached to an aromatic ring is 1. The first-order chi connectivity index (χ1) is 9.02. The summed E-state index contributed by atoms with van der Waals surface area (Å²) < 4.78 is 15.0. The van der Waals surface area contributed by atoms with Crippen LogP contribution in [0.25, 0.3) is 0 Å². The lowest BCUT2D eigenvalue weighted by Crippen LogP contribution is -2.19. The van der Waals surface area contributed by atoms with Gasteiger partial charge in [0, 0.05) is 11.6 Å². The lowest BCUT2D eigenvalue weighted by Gasteiger charge is -2.08. The van der Waals surface area contributed by atoms with Crippen LogP contribution >= 0.6 is 11.6 Å². The number of carbonyl (C=O) groups excluding carboxylic acids is 1. The van der Waals surface area contributed by atoms with Gasteiger partial charge in [-0.15, -0.1) is 0 Å². The summed E-state index contributed by atoms with van der Waals surface area (Å²) in [4.78, 5) is 12.1. The smallest absolute Gasteiger partial charge is 0.276 e. The van der Waals surface area contributed by atoms with Crippen LogP contribution in [0.2, 0.25) is 5.02 Å². The lowest BCUT2D eigenvalue weighted by atomic mass is 10.2. The Morgan fingerprint density at radius 1 is 1.58 bits per heavy atom. The average Bonchev–Trinajstić information content (AvgIpc) is 2.74. The van der Waals surface area contributed by atoms with E-state index in [4.69, 9.17) is 17.3 Å². The summed E-state index contributed by atoms with van der Waals surface area (Å²) in [5, 5.41) is 6.65. The molecule has 1 heterocycles. The van der Waals surface area contributed by atoms with Crippen molar-refractivity contribution in [2.75, 3.05) is 11.1 Å². The normalized spacial score (nSPS) is 10.5. The highest BCUT2D eigenvalue weighted by Gasteiger charge is 2.17. The minimum atomic E-state index is -0.609. The maximum absolute atomic E-state index is 13.6. The molecular formula is C12H12ClFN4O. The van der Waals surface area contributed by atoms with Crippen molar-refractivity contribution in [3.05, 3.63) is 40.9 Å². The molecule has 2 rings (SSSR count). The predicted octanol–water partition coefficient (Wildman–Crippen LogP) is 2.53. The van der Waals surface area contributed by atoms with E-state index in [9.17, 15) is 9.18 Å². The van der Waals surface area contributed by atoms with Crippen molar-refractivity contribution in [2.24, 2.45) is 0 Å². The Kier molecular flexibility index (Phi) is 3.71. The van der Waals surface area contributed by atoms with Gasteiger partial charge in [-0.1, -0.05) is 11.6 Å². The van der Waals surface area contributed by atoms with E-state index in [1.165, 1.54) is 23.0 Å². The molecule has 0 fully saturated rings. The van der Waals surface area contributed by atoms with Crippen LogP contribution in [-0.4, -0.2) is 15.7 Å². The van der Waals surface area contributed by atoms with E-state index >= 15 is 0 Å². The maximum Gasteiger partial charge on any atom is 0.276 e. The number of benzene rings is 1. The van der Waals surface area contributed by atoms with Crippen LogP contribution in [0, 0.1) is 5.82 Å². The summed E-state index contributed by atoms with van der Waals surface area (Å²) in [5.41, 5.74) is 6.16. The Balaban J connectivity index is 2.28. The Bertz CT molecular complexity index is 626. The first-order valence-electron chi connectivity index (χ1n) is 5.60. The largest absolute Gasteiger partial charge is 0.396 e. The number of amides is 1. The molecule has 2 aromatic rings. The molecule has 0 atom stereocenters. The number of nitrogens with two attached hydrogens (primary N) is 1. The lowest BCUT2D eigenvalue weighted by molar-refractivity contribution is 0.101. The van der Waals surface area contributed by atoms with Crippen molar-refractivity contribution < 1.29 is 9.18 Å². The van der Waals surface area contributed by atoms with Gasteiger partial charge in [-0.25, -0.2) is 4.39 Å². The number of hydrogen-bond donors (Lipinski definition) is 2. The topological polar surface area (TPSA) is 72.9 Å². The van der Waals surface area contributed by atoms with Crippen LogP contribution in [0.3, 0.4) is 0 Å². The van der Waals surface area contributed by atoms with Gasteiger partial charge in [0.25, 0.3) is 5.91 Å². The van der Waals surface area contributed by atoms with Crippen molar-refractivity contribution >= 4 is 28.9 Å². The molecule has 3 N–H and O–H groups in total. The fourth-order valence-corrected chi connectivity index (χ4v) is 1.82. The summed E-state index contributed by atoms with van der Waals surface area (Å²) in [6.45, 7) is 2.31. The number of halogens is 2. The van der Waals surface area contributed by atoms with E-state index in [-0.39, 0.29) is 22.1 Å². The molecule has 100 valence electrons. The second-order valence-electron chi connectivity index (χ2n) is 3.84. The van der Waals surface area contributed by atoms with Gasteiger partial charge in [-0.2, -0.15) is 5.10 Å². The van der Waals surface area contributed by atoms with Crippen LogP contribution in [-0.2, 0) is 6.54 Å². The highest BCUT2D eigenvalue weighted by molar-refractivity contribution is 6.30. The van der Waals surface area contributed by atoms with Crippen LogP contribution in [0.5, 0.6) is 0 Å². The number of hydrogen-bond acceptors (Lipinski definition) is 3. The van der Waals surface area contributed by atoms with Crippen LogP contribution in [0.15, 0.2) is 24.4 Å². The molecule has 0 saturated heterocycles. The SMILES string of the molecule is CCn1ncc(N)c1C(=O)Nc1ccc(Cl)cc1F. The summed E-state index contributed by atoms with van der Waals surface area (Å²) >= 11 is 5.64. The number of nitrogens with zero attached hydrogens (tertiary/aromatic N) is 2. The zero-order valence-electron chi connectivity index (χ0n) is 10.2. The molecule has 0 saturated carbocycles. The molecule has 1 amide bonds. The van der Waals surface area contributed by atoms with Gasteiger partial charge in [0.15, 0.2) is 0 Å². The number of rotatable bonds is 3. The Labute approximate surface area is 114 Å². The molecule has 0 aliphatic heterocycles. The fraction of sp³-hybridized carbons (Fsp3) is 0.167. The molecule has 0 spiro atoms. The molecule has 0 radical (unpaired) electrons. The third kappa shape index (κ3) is 2.68. The van der Waals surface area contributed by atoms with Crippen molar-refractivity contribution in [1.82, 2.24) is 9.78 Å². The zero-order chi connectivity index (χ0) is 14.0. The molecule has 7 heteroatoms. The van der Waals surface area contributed by atoms with Crippen molar-refractivity contribution in [2.45, 2.75) is 13.5 Å². The molecule has 5 nitrogen and oxygen atoms in total.